The molecule has 0 radical (unpaired) electrons. The molecule has 0 aliphatic carbocycles. The average Bonchev–Trinajstić information content (AvgIpc) is 2.99. The van der Waals surface area contributed by atoms with E-state index in [1.54, 1.807) is 0 Å². The molecule has 23 heavy (non-hydrogen) atoms. The Kier molecular flexibility index (Phi) is 4.35. The van der Waals surface area contributed by atoms with Gasteiger partial charge in [-0.25, -0.2) is 4.98 Å². The SMILES string of the molecule is CC1CCN([C@@H](C)/C(O)=C(\C#N)c2nc3ccccc3[nH]2)CC1. The van der Waals surface area contributed by atoms with E-state index in [0.717, 1.165) is 42.9 Å². The summed E-state index contributed by atoms with van der Waals surface area (Å²) >= 11 is 0. The molecule has 5 heteroatoms. The Morgan fingerprint density at radius 3 is 2.74 bits per heavy atom. The standard InChI is InChI=1S/C18H22N4O/c1-12-7-9-22(10-8-12)13(2)17(23)14(11-19)18-20-15-5-3-4-6-16(15)21-18/h3-6,12-13,23H,7-10H2,1-2H3,(H,20,21)/b17-14-/t13-/m0/s1. The number of imidazole rings is 1. The summed E-state index contributed by atoms with van der Waals surface area (Å²) in [6.45, 7) is 6.11. The molecule has 3 rings (SSSR count). The molecular formula is C18H22N4O. The average molecular weight is 310 g/mol. The smallest absolute Gasteiger partial charge is 0.152 e. The molecule has 1 aliphatic heterocycles. The maximum Gasteiger partial charge on any atom is 0.152 e. The maximum absolute atomic E-state index is 10.6. The van der Waals surface area contributed by atoms with Gasteiger partial charge in [0.1, 0.15) is 17.4 Å². The highest BCUT2D eigenvalue weighted by atomic mass is 16.3. The van der Waals surface area contributed by atoms with Crippen LogP contribution in [0.3, 0.4) is 0 Å². The number of allylic oxidation sites excluding steroid dienone is 1. The topological polar surface area (TPSA) is 75.9 Å². The van der Waals surface area contributed by atoms with Gasteiger partial charge in [-0.2, -0.15) is 5.26 Å². The van der Waals surface area contributed by atoms with E-state index >= 15 is 0 Å². The molecule has 1 aliphatic rings. The summed E-state index contributed by atoms with van der Waals surface area (Å²) in [5.41, 5.74) is 1.89. The summed E-state index contributed by atoms with van der Waals surface area (Å²) in [5, 5.41) is 20.1. The monoisotopic (exact) mass is 310 g/mol. The van der Waals surface area contributed by atoms with Crippen LogP contribution in [0, 0.1) is 17.2 Å². The highest BCUT2D eigenvalue weighted by Gasteiger charge is 2.26. The van der Waals surface area contributed by atoms with Crippen LogP contribution in [0.5, 0.6) is 0 Å². The zero-order valence-electron chi connectivity index (χ0n) is 13.6. The first-order valence-electron chi connectivity index (χ1n) is 8.12. The molecule has 1 aromatic heterocycles. The number of aromatic nitrogens is 2. The van der Waals surface area contributed by atoms with Gasteiger partial charge in [-0.1, -0.05) is 19.1 Å². The third-order valence-corrected chi connectivity index (χ3v) is 4.76. The molecule has 120 valence electrons. The van der Waals surface area contributed by atoms with Gasteiger partial charge < -0.3 is 10.1 Å². The van der Waals surface area contributed by atoms with Crippen molar-refractivity contribution in [1.29, 1.82) is 5.26 Å². The number of aromatic amines is 1. The first-order chi connectivity index (χ1) is 11.1. The fourth-order valence-electron chi connectivity index (χ4n) is 3.10. The van der Waals surface area contributed by atoms with E-state index in [1.807, 2.05) is 31.2 Å². The zero-order chi connectivity index (χ0) is 16.4. The third kappa shape index (κ3) is 3.08. The highest BCUT2D eigenvalue weighted by Crippen LogP contribution is 2.25. The predicted molar refractivity (Wildman–Crippen MR) is 90.7 cm³/mol. The minimum absolute atomic E-state index is 0.0982. The van der Waals surface area contributed by atoms with E-state index in [0.29, 0.717) is 5.82 Å². The molecule has 0 spiro atoms. The van der Waals surface area contributed by atoms with E-state index in [4.69, 9.17) is 0 Å². The molecule has 1 atom stereocenters. The molecule has 2 heterocycles. The van der Waals surface area contributed by atoms with Crippen LogP contribution < -0.4 is 0 Å². The lowest BCUT2D eigenvalue weighted by Gasteiger charge is -2.34. The quantitative estimate of drug-likeness (QED) is 0.672. The number of likely N-dealkylation sites (tertiary alicyclic amines) is 1. The van der Waals surface area contributed by atoms with E-state index in [9.17, 15) is 10.4 Å². The van der Waals surface area contributed by atoms with E-state index in [1.165, 1.54) is 0 Å². The number of fused-ring (bicyclic) bond motifs is 1. The summed E-state index contributed by atoms with van der Waals surface area (Å²) in [4.78, 5) is 9.78. The van der Waals surface area contributed by atoms with Gasteiger partial charge in [0.05, 0.1) is 17.1 Å². The maximum atomic E-state index is 10.6. The number of para-hydroxylation sites is 2. The van der Waals surface area contributed by atoms with Crippen LogP contribution in [-0.4, -0.2) is 39.1 Å². The summed E-state index contributed by atoms with van der Waals surface area (Å²) in [5.74, 6) is 1.26. The molecule has 0 amide bonds. The number of piperidine rings is 1. The van der Waals surface area contributed by atoms with Crippen LogP contribution in [0.1, 0.15) is 32.5 Å². The van der Waals surface area contributed by atoms with E-state index in [2.05, 4.69) is 27.9 Å². The van der Waals surface area contributed by atoms with Crippen LogP contribution in [0.15, 0.2) is 30.0 Å². The first-order valence-corrected chi connectivity index (χ1v) is 8.12. The lowest BCUT2D eigenvalue weighted by Crippen LogP contribution is -2.40. The Labute approximate surface area is 136 Å². The predicted octanol–water partition coefficient (Wildman–Crippen LogP) is 3.48. The second-order valence-electron chi connectivity index (χ2n) is 6.37. The molecule has 0 unspecified atom stereocenters. The van der Waals surface area contributed by atoms with Gasteiger partial charge in [-0.15, -0.1) is 0 Å². The Hall–Kier alpha value is -2.32. The van der Waals surface area contributed by atoms with Crippen molar-refractivity contribution >= 4 is 16.6 Å². The lowest BCUT2D eigenvalue weighted by atomic mass is 9.97. The summed E-state index contributed by atoms with van der Waals surface area (Å²) in [6, 6.07) is 9.55. The second-order valence-corrected chi connectivity index (χ2v) is 6.37. The number of aliphatic hydroxyl groups is 1. The van der Waals surface area contributed by atoms with Gasteiger partial charge in [-0.3, -0.25) is 4.90 Å². The van der Waals surface area contributed by atoms with Crippen molar-refractivity contribution in [2.24, 2.45) is 5.92 Å². The zero-order valence-corrected chi connectivity index (χ0v) is 13.6. The number of benzene rings is 1. The lowest BCUT2D eigenvalue weighted by molar-refractivity contribution is 0.137. The first kappa shape index (κ1) is 15.6. The molecule has 1 saturated heterocycles. The minimum Gasteiger partial charge on any atom is -0.509 e. The van der Waals surface area contributed by atoms with E-state index < -0.39 is 0 Å². The van der Waals surface area contributed by atoms with Gasteiger partial charge in [0.15, 0.2) is 5.82 Å². The normalized spacial score (nSPS) is 19.3. The van der Waals surface area contributed by atoms with Crippen molar-refractivity contribution in [1.82, 2.24) is 14.9 Å². The summed E-state index contributed by atoms with van der Waals surface area (Å²) < 4.78 is 0. The van der Waals surface area contributed by atoms with Crippen molar-refractivity contribution in [2.75, 3.05) is 13.1 Å². The van der Waals surface area contributed by atoms with Crippen molar-refractivity contribution < 1.29 is 5.11 Å². The number of rotatable bonds is 3. The van der Waals surface area contributed by atoms with Crippen molar-refractivity contribution in [3.05, 3.63) is 35.8 Å². The van der Waals surface area contributed by atoms with Crippen LogP contribution in [0.4, 0.5) is 0 Å². The molecule has 2 N–H and O–H groups in total. The fourth-order valence-corrected chi connectivity index (χ4v) is 3.10. The number of nitrogens with zero attached hydrogens (tertiary/aromatic N) is 3. The van der Waals surface area contributed by atoms with Gasteiger partial charge in [0.25, 0.3) is 0 Å². The number of H-pyrrole nitrogens is 1. The molecular weight excluding hydrogens is 288 g/mol. The number of aliphatic hydroxyl groups excluding tert-OH is 1. The van der Waals surface area contributed by atoms with Crippen LogP contribution in [0.2, 0.25) is 0 Å². The van der Waals surface area contributed by atoms with Gasteiger partial charge in [-0.05, 0) is 50.9 Å². The molecule has 5 nitrogen and oxygen atoms in total. The Morgan fingerprint density at radius 1 is 1.39 bits per heavy atom. The van der Waals surface area contributed by atoms with Crippen LogP contribution in [0.25, 0.3) is 16.6 Å². The Bertz CT molecular complexity index is 730. The molecule has 2 aromatic rings. The molecule has 1 aromatic carbocycles. The highest BCUT2D eigenvalue weighted by molar-refractivity contribution is 5.82. The molecule has 0 saturated carbocycles. The van der Waals surface area contributed by atoms with Crippen LogP contribution in [-0.2, 0) is 0 Å². The Morgan fingerprint density at radius 2 is 2.09 bits per heavy atom. The van der Waals surface area contributed by atoms with Crippen molar-refractivity contribution in [3.8, 4) is 6.07 Å². The van der Waals surface area contributed by atoms with Gasteiger partial charge in [0, 0.05) is 0 Å². The Balaban J connectivity index is 1.91. The van der Waals surface area contributed by atoms with Crippen LogP contribution >= 0.6 is 0 Å². The molecule has 1 fully saturated rings. The third-order valence-electron chi connectivity index (χ3n) is 4.76. The van der Waals surface area contributed by atoms with Gasteiger partial charge >= 0.3 is 0 Å². The minimum atomic E-state index is -0.176. The van der Waals surface area contributed by atoms with E-state index in [-0.39, 0.29) is 17.4 Å². The van der Waals surface area contributed by atoms with Crippen molar-refractivity contribution in [2.45, 2.75) is 32.7 Å². The number of hydrogen-bond donors (Lipinski definition) is 2. The fraction of sp³-hybridized carbons (Fsp3) is 0.444. The summed E-state index contributed by atoms with van der Waals surface area (Å²) in [7, 11) is 0. The second kappa shape index (κ2) is 6.43. The largest absolute Gasteiger partial charge is 0.509 e. The van der Waals surface area contributed by atoms with Gasteiger partial charge in [0.2, 0.25) is 0 Å². The molecule has 0 bridgehead atoms. The van der Waals surface area contributed by atoms with Crippen molar-refractivity contribution in [3.63, 3.8) is 0 Å². The summed E-state index contributed by atoms with van der Waals surface area (Å²) in [6.07, 6.45) is 2.26. The number of nitrogens with one attached hydrogen (secondary N) is 1. The number of nitriles is 1. The number of hydrogen-bond acceptors (Lipinski definition) is 4.